The predicted octanol–water partition coefficient (Wildman–Crippen LogP) is 5.58. The third kappa shape index (κ3) is 6.85. The van der Waals surface area contributed by atoms with Crippen molar-refractivity contribution in [2.75, 3.05) is 33.9 Å². The summed E-state index contributed by atoms with van der Waals surface area (Å²) < 4.78 is 51.8. The van der Waals surface area contributed by atoms with Gasteiger partial charge in [0.05, 0.1) is 26.3 Å². The van der Waals surface area contributed by atoms with E-state index < -0.39 is 12.6 Å². The van der Waals surface area contributed by atoms with Crippen LogP contribution < -0.4 is 14.8 Å². The summed E-state index contributed by atoms with van der Waals surface area (Å²) in [5.74, 6) is 1.03. The lowest BCUT2D eigenvalue weighted by atomic mass is 9.88. The summed E-state index contributed by atoms with van der Waals surface area (Å²) in [6.45, 7) is 3.11. The summed E-state index contributed by atoms with van der Waals surface area (Å²) in [7, 11) is 2.99. The van der Waals surface area contributed by atoms with Gasteiger partial charge in [0.15, 0.2) is 11.5 Å². The number of hydrogen-bond donors (Lipinski definition) is 2. The number of halogens is 3. The number of carbonyl (C=O) groups is 2. The van der Waals surface area contributed by atoms with Crippen LogP contribution in [-0.4, -0.2) is 61.7 Å². The Morgan fingerprint density at radius 1 is 1.05 bits per heavy atom. The average molecular weight is 546 g/mol. The van der Waals surface area contributed by atoms with Crippen LogP contribution in [0.5, 0.6) is 11.5 Å². The van der Waals surface area contributed by atoms with Gasteiger partial charge in [-0.3, -0.25) is 9.59 Å². The number of fused-ring (bicyclic) bond motifs is 1. The van der Waals surface area contributed by atoms with Crippen molar-refractivity contribution in [1.82, 2.24) is 15.2 Å². The lowest BCUT2D eigenvalue weighted by Crippen LogP contribution is -2.38. The molecule has 1 aliphatic rings. The molecular formula is C29H34F3N3O4. The Morgan fingerprint density at radius 3 is 2.41 bits per heavy atom. The van der Waals surface area contributed by atoms with Crippen LogP contribution in [0.3, 0.4) is 0 Å². The van der Waals surface area contributed by atoms with Crippen molar-refractivity contribution >= 4 is 22.7 Å². The van der Waals surface area contributed by atoms with Crippen LogP contribution in [0, 0.1) is 0 Å². The highest BCUT2D eigenvalue weighted by molar-refractivity contribution is 5.92. The molecule has 0 atom stereocenters. The Bertz CT molecular complexity index is 1330. The van der Waals surface area contributed by atoms with E-state index in [0.29, 0.717) is 66.1 Å². The van der Waals surface area contributed by atoms with Gasteiger partial charge in [0, 0.05) is 49.4 Å². The molecule has 2 aromatic carbocycles. The van der Waals surface area contributed by atoms with Crippen molar-refractivity contribution in [1.29, 1.82) is 0 Å². The second-order valence-corrected chi connectivity index (χ2v) is 9.89. The SMILES string of the molecule is COc1ccc(-c2[nH]c3ccc(C4CCN(C(=O)CCCNC(C)=O)CC4)cc3c2CC(F)(F)F)cc1OC. The highest BCUT2D eigenvalue weighted by Gasteiger charge is 2.32. The first kappa shape index (κ1) is 28.3. The minimum absolute atomic E-state index is 0.0620. The quantitative estimate of drug-likeness (QED) is 0.344. The molecule has 0 aliphatic carbocycles. The molecule has 10 heteroatoms. The fraction of sp³-hybridized carbons (Fsp3) is 0.448. The van der Waals surface area contributed by atoms with Gasteiger partial charge in [-0.15, -0.1) is 0 Å². The fourth-order valence-corrected chi connectivity index (χ4v) is 5.27. The molecule has 0 saturated carbocycles. The third-order valence-corrected chi connectivity index (χ3v) is 7.24. The summed E-state index contributed by atoms with van der Waals surface area (Å²) in [5, 5.41) is 3.24. The van der Waals surface area contributed by atoms with Gasteiger partial charge in [0.2, 0.25) is 11.8 Å². The van der Waals surface area contributed by atoms with E-state index >= 15 is 0 Å². The minimum atomic E-state index is -4.39. The van der Waals surface area contributed by atoms with E-state index in [1.165, 1.54) is 21.1 Å². The van der Waals surface area contributed by atoms with Gasteiger partial charge in [0.1, 0.15) is 0 Å². The monoisotopic (exact) mass is 545 g/mol. The van der Waals surface area contributed by atoms with E-state index in [1.54, 1.807) is 18.2 Å². The molecule has 1 saturated heterocycles. The van der Waals surface area contributed by atoms with Crippen molar-refractivity contribution in [3.05, 3.63) is 47.5 Å². The van der Waals surface area contributed by atoms with Crippen LogP contribution >= 0.6 is 0 Å². The molecule has 1 fully saturated rings. The number of piperidine rings is 1. The molecule has 0 spiro atoms. The van der Waals surface area contributed by atoms with Crippen LogP contribution in [0.25, 0.3) is 22.2 Å². The van der Waals surface area contributed by atoms with Crippen LogP contribution in [0.2, 0.25) is 0 Å². The zero-order chi connectivity index (χ0) is 28.2. The Hall–Kier alpha value is -3.69. The highest BCUT2D eigenvalue weighted by Crippen LogP contribution is 2.40. The lowest BCUT2D eigenvalue weighted by Gasteiger charge is -2.32. The van der Waals surface area contributed by atoms with Crippen molar-refractivity contribution in [3.8, 4) is 22.8 Å². The normalized spacial score (nSPS) is 14.5. The number of ether oxygens (including phenoxy) is 2. The molecule has 0 radical (unpaired) electrons. The smallest absolute Gasteiger partial charge is 0.393 e. The maximum atomic E-state index is 13.7. The van der Waals surface area contributed by atoms with Crippen LogP contribution in [0.1, 0.15) is 49.7 Å². The van der Waals surface area contributed by atoms with Crippen LogP contribution in [-0.2, 0) is 16.0 Å². The molecule has 2 amide bonds. The minimum Gasteiger partial charge on any atom is -0.493 e. The van der Waals surface area contributed by atoms with E-state index in [9.17, 15) is 22.8 Å². The molecule has 0 bridgehead atoms. The number of hydrogen-bond acceptors (Lipinski definition) is 4. The third-order valence-electron chi connectivity index (χ3n) is 7.24. The molecule has 0 unspecified atom stereocenters. The molecule has 4 rings (SSSR count). The average Bonchev–Trinajstić information content (AvgIpc) is 3.26. The second-order valence-electron chi connectivity index (χ2n) is 9.89. The molecule has 39 heavy (non-hydrogen) atoms. The number of nitrogens with zero attached hydrogens (tertiary/aromatic N) is 1. The van der Waals surface area contributed by atoms with E-state index in [0.717, 1.165) is 18.4 Å². The summed E-state index contributed by atoms with van der Waals surface area (Å²) in [5.41, 5.74) is 2.78. The number of benzene rings is 2. The van der Waals surface area contributed by atoms with Crippen LogP contribution in [0.4, 0.5) is 13.2 Å². The maximum Gasteiger partial charge on any atom is 0.393 e. The van der Waals surface area contributed by atoms with Gasteiger partial charge in [-0.2, -0.15) is 13.2 Å². The Morgan fingerprint density at radius 2 is 1.77 bits per heavy atom. The highest BCUT2D eigenvalue weighted by atomic mass is 19.4. The summed E-state index contributed by atoms with van der Waals surface area (Å²) in [4.78, 5) is 28.6. The Balaban J connectivity index is 1.55. The van der Waals surface area contributed by atoms with Gasteiger partial charge in [-0.1, -0.05) is 6.07 Å². The molecule has 3 aromatic rings. The van der Waals surface area contributed by atoms with E-state index in [-0.39, 0.29) is 23.3 Å². The van der Waals surface area contributed by atoms with E-state index in [1.807, 2.05) is 23.1 Å². The first-order valence-corrected chi connectivity index (χ1v) is 13.1. The number of rotatable bonds is 9. The van der Waals surface area contributed by atoms with Crippen molar-refractivity contribution in [3.63, 3.8) is 0 Å². The number of amides is 2. The number of H-pyrrole nitrogens is 1. The van der Waals surface area contributed by atoms with Crippen molar-refractivity contribution < 1.29 is 32.2 Å². The first-order valence-electron chi connectivity index (χ1n) is 13.1. The number of carbonyl (C=O) groups excluding carboxylic acids is 2. The first-order chi connectivity index (χ1) is 18.6. The molecule has 210 valence electrons. The van der Waals surface area contributed by atoms with E-state index in [4.69, 9.17) is 9.47 Å². The Kier molecular flexibility index (Phi) is 8.72. The lowest BCUT2D eigenvalue weighted by molar-refractivity contribution is -0.132. The number of alkyl halides is 3. The number of aromatic amines is 1. The molecule has 2 N–H and O–H groups in total. The van der Waals surface area contributed by atoms with Gasteiger partial charge < -0.3 is 24.7 Å². The standard InChI is InChI=1S/C29H34F3N3O4/c1-18(36)33-12-4-5-27(37)35-13-10-19(11-14-35)20-6-8-24-22(15-20)23(17-29(30,31)32)28(34-24)21-7-9-25(38-2)26(16-21)39-3/h6-9,15-16,19,34H,4-5,10-14,17H2,1-3H3,(H,33,36). The zero-order valence-corrected chi connectivity index (χ0v) is 22.4. The largest absolute Gasteiger partial charge is 0.493 e. The van der Waals surface area contributed by atoms with Gasteiger partial charge in [-0.25, -0.2) is 0 Å². The molecule has 1 aromatic heterocycles. The molecule has 2 heterocycles. The molecule has 7 nitrogen and oxygen atoms in total. The summed E-state index contributed by atoms with van der Waals surface area (Å²) in [6, 6.07) is 10.7. The molecule has 1 aliphatic heterocycles. The number of methoxy groups -OCH3 is 2. The second kappa shape index (κ2) is 12.0. The van der Waals surface area contributed by atoms with E-state index in [2.05, 4.69) is 10.3 Å². The predicted molar refractivity (Wildman–Crippen MR) is 143 cm³/mol. The van der Waals surface area contributed by atoms with Crippen molar-refractivity contribution in [2.45, 2.75) is 51.1 Å². The van der Waals surface area contributed by atoms with Gasteiger partial charge in [-0.05, 0) is 66.6 Å². The zero-order valence-electron chi connectivity index (χ0n) is 22.4. The van der Waals surface area contributed by atoms with Gasteiger partial charge >= 0.3 is 6.18 Å². The number of nitrogens with one attached hydrogen (secondary N) is 2. The van der Waals surface area contributed by atoms with Crippen molar-refractivity contribution in [2.24, 2.45) is 0 Å². The number of likely N-dealkylation sites (tertiary alicyclic amines) is 1. The molecular weight excluding hydrogens is 511 g/mol. The van der Waals surface area contributed by atoms with Crippen LogP contribution in [0.15, 0.2) is 36.4 Å². The summed E-state index contributed by atoms with van der Waals surface area (Å²) >= 11 is 0. The Labute approximate surface area is 225 Å². The maximum absolute atomic E-state index is 13.7. The summed E-state index contributed by atoms with van der Waals surface area (Å²) in [6.07, 6.45) is -3.00. The topological polar surface area (TPSA) is 83.7 Å². The number of aromatic nitrogens is 1. The fourth-order valence-electron chi connectivity index (χ4n) is 5.27. The van der Waals surface area contributed by atoms with Gasteiger partial charge in [0.25, 0.3) is 0 Å².